The van der Waals surface area contributed by atoms with E-state index >= 15 is 0 Å². The van der Waals surface area contributed by atoms with Crippen LogP contribution in [0.1, 0.15) is 19.8 Å². The van der Waals surface area contributed by atoms with Gasteiger partial charge in [-0.1, -0.05) is 0 Å². The van der Waals surface area contributed by atoms with Crippen LogP contribution in [-0.4, -0.2) is 29.4 Å². The number of urea groups is 1. The van der Waals surface area contributed by atoms with Gasteiger partial charge in [-0.25, -0.2) is 9.18 Å². The highest BCUT2D eigenvalue weighted by atomic mass is 19.1. The average Bonchev–Trinajstić information content (AvgIpc) is 2.75. The van der Waals surface area contributed by atoms with Gasteiger partial charge in [0, 0.05) is 18.7 Å². The van der Waals surface area contributed by atoms with E-state index in [0.29, 0.717) is 12.1 Å². The number of halogens is 1. The zero-order valence-electron chi connectivity index (χ0n) is 12.6. The Balaban J connectivity index is 2.19. The van der Waals surface area contributed by atoms with Gasteiger partial charge in [0.2, 0.25) is 0 Å². The number of anilines is 1. The van der Waals surface area contributed by atoms with Gasteiger partial charge in [0.1, 0.15) is 11.9 Å². The second-order valence-electron chi connectivity index (χ2n) is 5.28. The lowest BCUT2D eigenvalue weighted by Gasteiger charge is -2.20. The Bertz CT molecular complexity index is 690. The van der Waals surface area contributed by atoms with E-state index in [1.54, 1.807) is 6.92 Å². The SMILES string of the molecule is C[C@H]1C(=O)N(C[C@H](C#N)CCC#N)C(=O)N1c1ccc(F)cc1. The van der Waals surface area contributed by atoms with Crippen LogP contribution < -0.4 is 4.90 Å². The molecule has 1 aromatic carbocycles. The first-order chi connectivity index (χ1) is 11.0. The van der Waals surface area contributed by atoms with Crippen LogP contribution in [0.4, 0.5) is 14.9 Å². The van der Waals surface area contributed by atoms with E-state index in [2.05, 4.69) is 0 Å². The molecule has 2 rings (SSSR count). The van der Waals surface area contributed by atoms with Crippen molar-refractivity contribution >= 4 is 17.6 Å². The molecule has 1 aliphatic heterocycles. The minimum Gasteiger partial charge on any atom is -0.282 e. The largest absolute Gasteiger partial charge is 0.332 e. The molecular formula is C16H15FN4O2. The number of rotatable bonds is 5. The van der Waals surface area contributed by atoms with Gasteiger partial charge < -0.3 is 0 Å². The first-order valence-corrected chi connectivity index (χ1v) is 7.16. The molecule has 0 radical (unpaired) electrons. The standard InChI is InChI=1S/C16H15FN4O2/c1-11-15(22)20(10-12(9-19)3-2-8-18)16(23)21(11)14-6-4-13(17)5-7-14/h4-7,11-12H,2-3,10H2,1H3/t11-,12-/m0/s1. The molecular weight excluding hydrogens is 299 g/mol. The third kappa shape index (κ3) is 3.29. The van der Waals surface area contributed by atoms with E-state index < -0.39 is 29.7 Å². The van der Waals surface area contributed by atoms with Crippen molar-refractivity contribution in [2.24, 2.45) is 5.92 Å². The molecule has 0 N–H and O–H groups in total. The maximum Gasteiger partial charge on any atom is 0.332 e. The molecule has 7 heteroatoms. The first-order valence-electron chi connectivity index (χ1n) is 7.16. The molecule has 2 atom stereocenters. The number of nitrogens with zero attached hydrogens (tertiary/aromatic N) is 4. The van der Waals surface area contributed by atoms with Crippen molar-refractivity contribution in [3.8, 4) is 12.1 Å². The summed E-state index contributed by atoms with van der Waals surface area (Å²) in [6, 6.07) is 7.99. The number of nitriles is 2. The first kappa shape index (κ1) is 16.4. The van der Waals surface area contributed by atoms with E-state index in [1.165, 1.54) is 29.2 Å². The van der Waals surface area contributed by atoms with Crippen molar-refractivity contribution in [1.82, 2.24) is 4.90 Å². The Morgan fingerprint density at radius 2 is 1.91 bits per heavy atom. The Hall–Kier alpha value is -2.93. The Labute approximate surface area is 133 Å². The number of amides is 3. The molecule has 1 heterocycles. The van der Waals surface area contributed by atoms with Gasteiger partial charge in [-0.2, -0.15) is 10.5 Å². The lowest BCUT2D eigenvalue weighted by molar-refractivity contribution is -0.127. The molecule has 0 unspecified atom stereocenters. The Morgan fingerprint density at radius 3 is 2.48 bits per heavy atom. The fourth-order valence-electron chi connectivity index (χ4n) is 2.49. The molecule has 0 aromatic heterocycles. The molecule has 0 saturated carbocycles. The predicted octanol–water partition coefficient (Wildman–Crippen LogP) is 2.43. The molecule has 0 aliphatic carbocycles. The van der Waals surface area contributed by atoms with Gasteiger partial charge in [-0.3, -0.25) is 14.6 Å². The summed E-state index contributed by atoms with van der Waals surface area (Å²) in [5.74, 6) is -1.42. The van der Waals surface area contributed by atoms with Crippen LogP contribution in [0, 0.1) is 34.4 Å². The molecule has 1 aliphatic rings. The monoisotopic (exact) mass is 314 g/mol. The summed E-state index contributed by atoms with van der Waals surface area (Å²) in [6.07, 6.45) is 0.487. The molecule has 3 amide bonds. The van der Waals surface area contributed by atoms with Gasteiger partial charge in [0.25, 0.3) is 5.91 Å². The van der Waals surface area contributed by atoms with E-state index in [-0.39, 0.29) is 13.0 Å². The molecule has 1 fully saturated rings. The van der Waals surface area contributed by atoms with Crippen molar-refractivity contribution in [2.45, 2.75) is 25.8 Å². The summed E-state index contributed by atoms with van der Waals surface area (Å²) in [5, 5.41) is 17.7. The average molecular weight is 314 g/mol. The molecule has 1 saturated heterocycles. The minimum absolute atomic E-state index is 0.0438. The summed E-state index contributed by atoms with van der Waals surface area (Å²) < 4.78 is 13.0. The maximum atomic E-state index is 13.0. The maximum absolute atomic E-state index is 13.0. The van der Waals surface area contributed by atoms with Gasteiger partial charge >= 0.3 is 6.03 Å². The molecule has 1 aromatic rings. The summed E-state index contributed by atoms with van der Waals surface area (Å²) in [7, 11) is 0. The predicted molar refractivity (Wildman–Crippen MR) is 79.4 cm³/mol. The van der Waals surface area contributed by atoms with Crippen LogP contribution in [0.3, 0.4) is 0 Å². The number of hydrogen-bond acceptors (Lipinski definition) is 4. The highest BCUT2D eigenvalue weighted by Crippen LogP contribution is 2.27. The van der Waals surface area contributed by atoms with Crippen LogP contribution in [0.5, 0.6) is 0 Å². The molecule has 6 nitrogen and oxygen atoms in total. The fourth-order valence-corrected chi connectivity index (χ4v) is 2.49. The van der Waals surface area contributed by atoms with Crippen molar-refractivity contribution in [1.29, 1.82) is 10.5 Å². The lowest BCUT2D eigenvalue weighted by Crippen LogP contribution is -2.36. The van der Waals surface area contributed by atoms with Crippen LogP contribution in [0.25, 0.3) is 0 Å². The van der Waals surface area contributed by atoms with E-state index in [0.717, 1.165) is 4.90 Å². The summed E-state index contributed by atoms with van der Waals surface area (Å²) in [5.41, 5.74) is 0.422. The normalized spacial score (nSPS) is 18.7. The second kappa shape index (κ2) is 6.89. The third-order valence-corrected chi connectivity index (χ3v) is 3.74. The third-order valence-electron chi connectivity index (χ3n) is 3.74. The number of hydrogen-bond donors (Lipinski definition) is 0. The van der Waals surface area contributed by atoms with Crippen LogP contribution >= 0.6 is 0 Å². The Kier molecular flexibility index (Phi) is 4.92. The van der Waals surface area contributed by atoms with Gasteiger partial charge in [-0.15, -0.1) is 0 Å². The van der Waals surface area contributed by atoms with Crippen LogP contribution in [-0.2, 0) is 4.79 Å². The molecule has 23 heavy (non-hydrogen) atoms. The summed E-state index contributed by atoms with van der Waals surface area (Å²) in [4.78, 5) is 27.1. The zero-order chi connectivity index (χ0) is 17.0. The van der Waals surface area contributed by atoms with Crippen LogP contribution in [0.15, 0.2) is 24.3 Å². The highest BCUT2D eigenvalue weighted by Gasteiger charge is 2.43. The summed E-state index contributed by atoms with van der Waals surface area (Å²) in [6.45, 7) is 1.54. The van der Waals surface area contributed by atoms with E-state index in [4.69, 9.17) is 10.5 Å². The molecule has 0 bridgehead atoms. The lowest BCUT2D eigenvalue weighted by atomic mass is 10.1. The van der Waals surface area contributed by atoms with Gasteiger partial charge in [0.05, 0.1) is 18.1 Å². The number of carbonyl (C=O) groups is 2. The van der Waals surface area contributed by atoms with Gasteiger partial charge in [-0.05, 0) is 37.6 Å². The van der Waals surface area contributed by atoms with E-state index in [9.17, 15) is 14.0 Å². The number of benzene rings is 1. The smallest absolute Gasteiger partial charge is 0.282 e. The summed E-state index contributed by atoms with van der Waals surface area (Å²) >= 11 is 0. The molecule has 118 valence electrons. The number of imide groups is 1. The minimum atomic E-state index is -0.719. The van der Waals surface area contributed by atoms with Crippen molar-refractivity contribution in [3.05, 3.63) is 30.1 Å². The highest BCUT2D eigenvalue weighted by molar-refractivity contribution is 6.14. The Morgan fingerprint density at radius 1 is 1.26 bits per heavy atom. The second-order valence-corrected chi connectivity index (χ2v) is 5.28. The van der Waals surface area contributed by atoms with Gasteiger partial charge in [0.15, 0.2) is 0 Å². The number of carbonyl (C=O) groups excluding carboxylic acids is 2. The molecule has 0 spiro atoms. The van der Waals surface area contributed by atoms with Crippen molar-refractivity contribution in [2.75, 3.05) is 11.4 Å². The van der Waals surface area contributed by atoms with Crippen LogP contribution in [0.2, 0.25) is 0 Å². The fraction of sp³-hybridized carbons (Fsp3) is 0.375. The zero-order valence-corrected chi connectivity index (χ0v) is 12.6. The van der Waals surface area contributed by atoms with Crippen molar-refractivity contribution in [3.63, 3.8) is 0 Å². The topological polar surface area (TPSA) is 88.2 Å². The van der Waals surface area contributed by atoms with Crippen molar-refractivity contribution < 1.29 is 14.0 Å². The quantitative estimate of drug-likeness (QED) is 0.781. The van der Waals surface area contributed by atoms with E-state index in [1.807, 2.05) is 12.1 Å².